The van der Waals surface area contributed by atoms with Gasteiger partial charge in [0.15, 0.2) is 0 Å². The predicted molar refractivity (Wildman–Crippen MR) is 66.9 cm³/mol. The van der Waals surface area contributed by atoms with Gasteiger partial charge in [-0.15, -0.1) is 0 Å². The molecule has 0 fully saturated rings. The first-order valence-electron chi connectivity index (χ1n) is 6.23. The van der Waals surface area contributed by atoms with Crippen LogP contribution >= 0.6 is 0 Å². The summed E-state index contributed by atoms with van der Waals surface area (Å²) >= 11 is 0. The van der Waals surface area contributed by atoms with Crippen molar-refractivity contribution >= 4 is 0 Å². The Morgan fingerprint density at radius 3 is 2.94 bits per heavy atom. The first-order valence-corrected chi connectivity index (χ1v) is 6.23. The summed E-state index contributed by atoms with van der Waals surface area (Å²) in [6.07, 6.45) is 9.16. The summed E-state index contributed by atoms with van der Waals surface area (Å²) in [6, 6.07) is 4.06. The lowest BCUT2D eigenvalue weighted by molar-refractivity contribution is 0.133. The lowest BCUT2D eigenvalue weighted by Gasteiger charge is -2.28. The van der Waals surface area contributed by atoms with Gasteiger partial charge in [0, 0.05) is 35.8 Å². The molecule has 4 heteroatoms. The van der Waals surface area contributed by atoms with Crippen molar-refractivity contribution < 1.29 is 5.11 Å². The van der Waals surface area contributed by atoms with Crippen molar-refractivity contribution in [2.45, 2.75) is 31.3 Å². The van der Waals surface area contributed by atoms with E-state index in [4.69, 9.17) is 0 Å². The standard InChI is InChI=1S/C14H15N3O/c18-14(11-7-15-9-16-8-11)12-5-1-3-10-4-2-6-17-13(10)12/h2,4,6-9,12,14,18H,1,3,5H2. The van der Waals surface area contributed by atoms with Gasteiger partial charge < -0.3 is 5.11 Å². The first kappa shape index (κ1) is 11.3. The second-order valence-corrected chi connectivity index (χ2v) is 4.66. The van der Waals surface area contributed by atoms with Crippen LogP contribution in [0.2, 0.25) is 0 Å². The molecule has 0 aliphatic heterocycles. The first-order chi connectivity index (χ1) is 8.86. The largest absolute Gasteiger partial charge is 0.388 e. The molecular formula is C14H15N3O. The van der Waals surface area contributed by atoms with Gasteiger partial charge in [0.25, 0.3) is 0 Å². The van der Waals surface area contributed by atoms with Gasteiger partial charge in [0.2, 0.25) is 0 Å². The van der Waals surface area contributed by atoms with Gasteiger partial charge in [0.1, 0.15) is 6.33 Å². The smallest absolute Gasteiger partial charge is 0.115 e. The summed E-state index contributed by atoms with van der Waals surface area (Å²) in [5, 5.41) is 10.5. The molecule has 2 atom stereocenters. The number of aliphatic hydroxyl groups is 1. The third-order valence-electron chi connectivity index (χ3n) is 3.54. The molecule has 0 spiro atoms. The van der Waals surface area contributed by atoms with Gasteiger partial charge in [-0.1, -0.05) is 6.07 Å². The van der Waals surface area contributed by atoms with E-state index < -0.39 is 6.10 Å². The van der Waals surface area contributed by atoms with E-state index in [2.05, 4.69) is 21.0 Å². The molecule has 2 aromatic heterocycles. The summed E-state index contributed by atoms with van der Waals surface area (Å²) < 4.78 is 0. The van der Waals surface area contributed by atoms with E-state index in [0.717, 1.165) is 30.5 Å². The van der Waals surface area contributed by atoms with Gasteiger partial charge in [-0.25, -0.2) is 9.97 Å². The van der Waals surface area contributed by atoms with Crippen molar-refractivity contribution in [1.82, 2.24) is 15.0 Å². The van der Waals surface area contributed by atoms with E-state index in [1.54, 1.807) is 18.6 Å². The van der Waals surface area contributed by atoms with E-state index in [9.17, 15) is 5.11 Å². The molecule has 1 aliphatic rings. The molecule has 2 unspecified atom stereocenters. The predicted octanol–water partition coefficient (Wildman–Crippen LogP) is 2.03. The maximum atomic E-state index is 10.5. The number of hydrogen-bond donors (Lipinski definition) is 1. The number of pyridine rings is 1. The highest BCUT2D eigenvalue weighted by atomic mass is 16.3. The SMILES string of the molecule is OC(c1cncnc1)C1CCCc2cccnc21. The van der Waals surface area contributed by atoms with Gasteiger partial charge in [0.05, 0.1) is 6.10 Å². The summed E-state index contributed by atoms with van der Waals surface area (Å²) in [6.45, 7) is 0. The zero-order valence-corrected chi connectivity index (χ0v) is 10.0. The number of aromatic nitrogens is 3. The highest BCUT2D eigenvalue weighted by Crippen LogP contribution is 2.38. The lowest BCUT2D eigenvalue weighted by atomic mass is 9.81. The minimum Gasteiger partial charge on any atom is -0.388 e. The van der Waals surface area contributed by atoms with Crippen molar-refractivity contribution in [1.29, 1.82) is 0 Å². The van der Waals surface area contributed by atoms with Crippen LogP contribution in [-0.2, 0) is 6.42 Å². The van der Waals surface area contributed by atoms with Crippen molar-refractivity contribution in [2.24, 2.45) is 0 Å². The lowest BCUT2D eigenvalue weighted by Crippen LogP contribution is -2.18. The maximum absolute atomic E-state index is 10.5. The minimum absolute atomic E-state index is 0.0564. The van der Waals surface area contributed by atoms with Crippen LogP contribution in [-0.4, -0.2) is 20.1 Å². The van der Waals surface area contributed by atoms with Crippen LogP contribution in [0.3, 0.4) is 0 Å². The van der Waals surface area contributed by atoms with Gasteiger partial charge >= 0.3 is 0 Å². The Labute approximate surface area is 106 Å². The minimum atomic E-state index is -0.569. The van der Waals surface area contributed by atoms with Crippen LogP contribution in [0.25, 0.3) is 0 Å². The number of hydrogen-bond acceptors (Lipinski definition) is 4. The molecule has 1 aliphatic carbocycles. The monoisotopic (exact) mass is 241 g/mol. The molecule has 0 amide bonds. The summed E-state index contributed by atoms with van der Waals surface area (Å²) in [5.74, 6) is 0.0564. The normalized spacial score (nSPS) is 20.2. The van der Waals surface area contributed by atoms with Crippen molar-refractivity contribution in [3.05, 3.63) is 53.9 Å². The molecule has 0 aromatic carbocycles. The van der Waals surface area contributed by atoms with Crippen LogP contribution in [0.1, 0.15) is 41.7 Å². The molecule has 18 heavy (non-hydrogen) atoms. The molecule has 2 aromatic rings. The fraction of sp³-hybridized carbons (Fsp3) is 0.357. The van der Waals surface area contributed by atoms with Crippen LogP contribution in [0.4, 0.5) is 0 Å². The Morgan fingerprint density at radius 1 is 1.28 bits per heavy atom. The quantitative estimate of drug-likeness (QED) is 0.874. The van der Waals surface area contributed by atoms with Gasteiger partial charge in [-0.2, -0.15) is 0 Å². The Kier molecular flexibility index (Phi) is 3.02. The molecule has 1 N–H and O–H groups in total. The molecule has 0 saturated carbocycles. The second-order valence-electron chi connectivity index (χ2n) is 4.66. The number of rotatable bonds is 2. The Morgan fingerprint density at radius 2 is 2.11 bits per heavy atom. The number of nitrogens with zero attached hydrogens (tertiary/aromatic N) is 3. The van der Waals surface area contributed by atoms with E-state index >= 15 is 0 Å². The molecular weight excluding hydrogens is 226 g/mol. The van der Waals surface area contributed by atoms with Crippen molar-refractivity contribution in [3.63, 3.8) is 0 Å². The van der Waals surface area contributed by atoms with E-state index in [0.29, 0.717) is 0 Å². The highest BCUT2D eigenvalue weighted by Gasteiger charge is 2.28. The van der Waals surface area contributed by atoms with E-state index in [1.807, 2.05) is 6.07 Å². The van der Waals surface area contributed by atoms with Crippen molar-refractivity contribution in [2.75, 3.05) is 0 Å². The molecule has 0 saturated heterocycles. The summed E-state index contributed by atoms with van der Waals surface area (Å²) in [4.78, 5) is 12.4. The van der Waals surface area contributed by atoms with Crippen LogP contribution < -0.4 is 0 Å². The van der Waals surface area contributed by atoms with Crippen molar-refractivity contribution in [3.8, 4) is 0 Å². The third-order valence-corrected chi connectivity index (χ3v) is 3.54. The fourth-order valence-corrected chi connectivity index (χ4v) is 2.65. The molecule has 0 radical (unpaired) electrons. The van der Waals surface area contributed by atoms with E-state index in [1.165, 1.54) is 11.9 Å². The van der Waals surface area contributed by atoms with E-state index in [-0.39, 0.29) is 5.92 Å². The Balaban J connectivity index is 1.94. The molecule has 4 nitrogen and oxygen atoms in total. The van der Waals surface area contributed by atoms with Crippen LogP contribution in [0.15, 0.2) is 37.1 Å². The highest BCUT2D eigenvalue weighted by molar-refractivity contribution is 5.29. The number of aliphatic hydroxyl groups excluding tert-OH is 1. The van der Waals surface area contributed by atoms with Gasteiger partial charge in [-0.05, 0) is 30.9 Å². The zero-order valence-electron chi connectivity index (χ0n) is 10.0. The summed E-state index contributed by atoms with van der Waals surface area (Å²) in [5.41, 5.74) is 3.05. The fourth-order valence-electron chi connectivity index (χ4n) is 2.65. The zero-order chi connectivity index (χ0) is 12.4. The Bertz CT molecular complexity index is 530. The topological polar surface area (TPSA) is 58.9 Å². The molecule has 0 bridgehead atoms. The molecule has 92 valence electrons. The number of aryl methyl sites for hydroxylation is 1. The Hall–Kier alpha value is -1.81. The van der Waals surface area contributed by atoms with Crippen LogP contribution in [0.5, 0.6) is 0 Å². The average Bonchev–Trinajstić information content (AvgIpc) is 2.47. The molecule has 3 rings (SSSR count). The summed E-state index contributed by atoms with van der Waals surface area (Å²) in [7, 11) is 0. The average molecular weight is 241 g/mol. The van der Waals surface area contributed by atoms with Gasteiger partial charge in [-0.3, -0.25) is 4.98 Å². The third kappa shape index (κ3) is 1.99. The number of fused-ring (bicyclic) bond motifs is 1. The maximum Gasteiger partial charge on any atom is 0.115 e. The van der Waals surface area contributed by atoms with Crippen LogP contribution in [0, 0.1) is 0 Å². The molecule has 2 heterocycles. The second kappa shape index (κ2) is 4.82.